The van der Waals surface area contributed by atoms with Crippen LogP contribution in [0.15, 0.2) is 54.7 Å². The molecule has 6 heteroatoms. The SMILES string of the molecule is NC(=O)c1cn[nH]c1NCc1ccc(-c2ccccc2)cc1F. The molecule has 3 aromatic rings. The van der Waals surface area contributed by atoms with Crippen LogP contribution < -0.4 is 11.1 Å². The molecule has 2 aromatic carbocycles. The Morgan fingerprint density at radius 3 is 2.65 bits per heavy atom. The molecule has 0 saturated heterocycles. The maximum atomic E-state index is 14.3. The van der Waals surface area contributed by atoms with Gasteiger partial charge in [-0.15, -0.1) is 0 Å². The quantitative estimate of drug-likeness (QED) is 0.677. The van der Waals surface area contributed by atoms with E-state index in [-0.39, 0.29) is 17.9 Å². The van der Waals surface area contributed by atoms with E-state index in [9.17, 15) is 9.18 Å². The molecular formula is C17H15FN4O. The van der Waals surface area contributed by atoms with Gasteiger partial charge < -0.3 is 11.1 Å². The van der Waals surface area contributed by atoms with Crippen molar-refractivity contribution in [3.05, 3.63) is 71.7 Å². The number of primary amides is 1. The molecule has 23 heavy (non-hydrogen) atoms. The lowest BCUT2D eigenvalue weighted by Gasteiger charge is -2.08. The number of aromatic nitrogens is 2. The molecule has 0 atom stereocenters. The van der Waals surface area contributed by atoms with Gasteiger partial charge in [-0.1, -0.05) is 42.5 Å². The molecule has 116 valence electrons. The van der Waals surface area contributed by atoms with Crippen LogP contribution in [0.1, 0.15) is 15.9 Å². The van der Waals surface area contributed by atoms with E-state index in [4.69, 9.17) is 5.73 Å². The number of benzene rings is 2. The smallest absolute Gasteiger partial charge is 0.254 e. The van der Waals surface area contributed by atoms with Gasteiger partial charge in [0.25, 0.3) is 5.91 Å². The first-order valence-corrected chi connectivity index (χ1v) is 7.06. The fraction of sp³-hybridized carbons (Fsp3) is 0.0588. The molecule has 5 nitrogen and oxygen atoms in total. The van der Waals surface area contributed by atoms with Gasteiger partial charge in [0.1, 0.15) is 17.2 Å². The number of H-pyrrole nitrogens is 1. The molecule has 4 N–H and O–H groups in total. The second kappa shape index (κ2) is 6.31. The predicted molar refractivity (Wildman–Crippen MR) is 86.3 cm³/mol. The number of carbonyl (C=O) groups excluding carboxylic acids is 1. The summed E-state index contributed by atoms with van der Waals surface area (Å²) in [7, 11) is 0. The van der Waals surface area contributed by atoms with E-state index in [1.165, 1.54) is 12.3 Å². The van der Waals surface area contributed by atoms with Crippen LogP contribution in [-0.2, 0) is 6.54 Å². The summed E-state index contributed by atoms with van der Waals surface area (Å²) in [5.41, 5.74) is 7.72. The molecule has 0 spiro atoms. The minimum Gasteiger partial charge on any atom is -0.366 e. The van der Waals surface area contributed by atoms with E-state index in [0.717, 1.165) is 11.1 Å². The number of hydrogen-bond acceptors (Lipinski definition) is 3. The molecule has 1 heterocycles. The molecule has 0 unspecified atom stereocenters. The Kier molecular flexibility index (Phi) is 4.05. The number of rotatable bonds is 5. The van der Waals surface area contributed by atoms with Crippen molar-refractivity contribution in [1.82, 2.24) is 10.2 Å². The van der Waals surface area contributed by atoms with Crippen molar-refractivity contribution in [2.24, 2.45) is 5.73 Å². The van der Waals surface area contributed by atoms with E-state index in [1.807, 2.05) is 36.4 Å². The zero-order valence-electron chi connectivity index (χ0n) is 12.2. The first-order chi connectivity index (χ1) is 11.1. The summed E-state index contributed by atoms with van der Waals surface area (Å²) in [4.78, 5) is 11.2. The summed E-state index contributed by atoms with van der Waals surface area (Å²) in [6, 6.07) is 14.7. The summed E-state index contributed by atoms with van der Waals surface area (Å²) in [6.45, 7) is 0.212. The predicted octanol–water partition coefficient (Wildman–Crippen LogP) is 2.93. The third-order valence-electron chi connectivity index (χ3n) is 3.52. The van der Waals surface area contributed by atoms with Crippen LogP contribution in [0.3, 0.4) is 0 Å². The van der Waals surface area contributed by atoms with E-state index >= 15 is 0 Å². The molecule has 0 fully saturated rings. The Balaban J connectivity index is 1.77. The molecule has 0 saturated carbocycles. The van der Waals surface area contributed by atoms with Crippen LogP contribution in [0.2, 0.25) is 0 Å². The molecule has 3 rings (SSSR count). The van der Waals surface area contributed by atoms with Crippen LogP contribution >= 0.6 is 0 Å². The van der Waals surface area contributed by atoms with Gasteiger partial charge in [-0.25, -0.2) is 4.39 Å². The topological polar surface area (TPSA) is 83.8 Å². The molecule has 1 aromatic heterocycles. The zero-order chi connectivity index (χ0) is 16.2. The highest BCUT2D eigenvalue weighted by Gasteiger charge is 2.11. The maximum absolute atomic E-state index is 14.3. The number of halogens is 1. The van der Waals surface area contributed by atoms with Crippen LogP contribution in [0.4, 0.5) is 10.2 Å². The van der Waals surface area contributed by atoms with Gasteiger partial charge in [0, 0.05) is 12.1 Å². The van der Waals surface area contributed by atoms with Crippen LogP contribution in [0.25, 0.3) is 11.1 Å². The monoisotopic (exact) mass is 310 g/mol. The van der Waals surface area contributed by atoms with Gasteiger partial charge in [0.05, 0.1) is 6.20 Å². The Bertz CT molecular complexity index is 830. The fourth-order valence-corrected chi connectivity index (χ4v) is 2.29. The molecular weight excluding hydrogens is 295 g/mol. The number of hydrogen-bond donors (Lipinski definition) is 3. The minimum atomic E-state index is -0.596. The number of nitrogens with one attached hydrogen (secondary N) is 2. The van der Waals surface area contributed by atoms with Gasteiger partial charge in [-0.3, -0.25) is 9.89 Å². The van der Waals surface area contributed by atoms with Gasteiger partial charge in [0.15, 0.2) is 0 Å². The first kappa shape index (κ1) is 14.8. The van der Waals surface area contributed by atoms with Crippen molar-refractivity contribution in [3.63, 3.8) is 0 Å². The zero-order valence-corrected chi connectivity index (χ0v) is 12.2. The number of nitrogens with two attached hydrogens (primary N) is 1. The van der Waals surface area contributed by atoms with Crippen LogP contribution in [0.5, 0.6) is 0 Å². The normalized spacial score (nSPS) is 10.5. The van der Waals surface area contributed by atoms with Gasteiger partial charge >= 0.3 is 0 Å². The van der Waals surface area contributed by atoms with E-state index in [2.05, 4.69) is 15.5 Å². The van der Waals surface area contributed by atoms with E-state index in [0.29, 0.717) is 11.4 Å². The van der Waals surface area contributed by atoms with Crippen molar-refractivity contribution in [3.8, 4) is 11.1 Å². The third-order valence-corrected chi connectivity index (χ3v) is 3.52. The third kappa shape index (κ3) is 3.21. The van der Waals surface area contributed by atoms with Gasteiger partial charge in [-0.05, 0) is 17.2 Å². The Labute approximate surface area is 132 Å². The molecule has 0 bridgehead atoms. The van der Waals surface area contributed by atoms with Crippen molar-refractivity contribution < 1.29 is 9.18 Å². The highest BCUT2D eigenvalue weighted by Crippen LogP contribution is 2.22. The maximum Gasteiger partial charge on any atom is 0.254 e. The molecule has 0 aliphatic carbocycles. The highest BCUT2D eigenvalue weighted by atomic mass is 19.1. The number of nitrogens with zero attached hydrogens (tertiary/aromatic N) is 1. The summed E-state index contributed by atoms with van der Waals surface area (Å²) in [5, 5.41) is 9.31. The van der Waals surface area contributed by atoms with Crippen LogP contribution in [-0.4, -0.2) is 16.1 Å². The van der Waals surface area contributed by atoms with E-state index in [1.54, 1.807) is 6.07 Å². The Morgan fingerprint density at radius 2 is 1.96 bits per heavy atom. The van der Waals surface area contributed by atoms with Gasteiger partial charge in [-0.2, -0.15) is 5.10 Å². The average Bonchev–Trinajstić information content (AvgIpc) is 3.03. The standard InChI is InChI=1S/C17H15FN4O/c18-15-8-12(11-4-2-1-3-5-11)6-7-13(15)9-20-17-14(16(19)23)10-21-22-17/h1-8,10H,9H2,(H2,19,23)(H2,20,21,22). The lowest BCUT2D eigenvalue weighted by molar-refractivity contribution is 0.100. The second-order valence-electron chi connectivity index (χ2n) is 5.05. The van der Waals surface area contributed by atoms with Crippen molar-refractivity contribution in [2.45, 2.75) is 6.54 Å². The minimum absolute atomic E-state index is 0.212. The number of carbonyl (C=O) groups is 1. The highest BCUT2D eigenvalue weighted by molar-refractivity contribution is 5.97. The van der Waals surface area contributed by atoms with E-state index < -0.39 is 5.91 Å². The average molecular weight is 310 g/mol. The molecule has 1 amide bonds. The second-order valence-corrected chi connectivity index (χ2v) is 5.05. The molecule has 0 aliphatic heterocycles. The molecule has 0 aliphatic rings. The number of amides is 1. The van der Waals surface area contributed by atoms with Crippen molar-refractivity contribution in [2.75, 3.05) is 5.32 Å². The Morgan fingerprint density at radius 1 is 1.17 bits per heavy atom. The summed E-state index contributed by atoms with van der Waals surface area (Å²) in [5.74, 6) is -0.538. The molecule has 0 radical (unpaired) electrons. The van der Waals surface area contributed by atoms with Crippen LogP contribution in [0, 0.1) is 5.82 Å². The van der Waals surface area contributed by atoms with Gasteiger partial charge in [0.2, 0.25) is 0 Å². The fourth-order valence-electron chi connectivity index (χ4n) is 2.29. The summed E-state index contributed by atoms with van der Waals surface area (Å²) < 4.78 is 14.3. The number of aromatic amines is 1. The van der Waals surface area contributed by atoms with Crippen molar-refractivity contribution in [1.29, 1.82) is 0 Å². The lowest BCUT2D eigenvalue weighted by Crippen LogP contribution is -2.13. The largest absolute Gasteiger partial charge is 0.366 e. The summed E-state index contributed by atoms with van der Waals surface area (Å²) >= 11 is 0. The number of anilines is 1. The van der Waals surface area contributed by atoms with Crippen molar-refractivity contribution >= 4 is 11.7 Å². The summed E-state index contributed by atoms with van der Waals surface area (Å²) in [6.07, 6.45) is 1.33. The first-order valence-electron chi connectivity index (χ1n) is 7.06. The lowest BCUT2D eigenvalue weighted by atomic mass is 10.0. The Hall–Kier alpha value is -3.15.